The molecule has 0 bridgehead atoms. The van der Waals surface area contributed by atoms with Gasteiger partial charge in [0, 0.05) is 18.6 Å². The fourth-order valence-corrected chi connectivity index (χ4v) is 4.33. The number of esters is 1. The predicted octanol–water partition coefficient (Wildman–Crippen LogP) is 4.20. The number of carbonyl (C=O) groups is 1. The maximum absolute atomic E-state index is 12.9. The van der Waals surface area contributed by atoms with Gasteiger partial charge in [0.1, 0.15) is 21.8 Å². The largest absolute Gasteiger partial charge is 0.457 e. The lowest BCUT2D eigenvalue weighted by Gasteiger charge is -2.04. The van der Waals surface area contributed by atoms with E-state index in [1.54, 1.807) is 48.5 Å². The number of benzene rings is 2. The zero-order valence-corrected chi connectivity index (χ0v) is 18.2. The summed E-state index contributed by atoms with van der Waals surface area (Å²) < 4.78 is 12.7. The molecule has 0 N–H and O–H groups in total. The number of carbonyl (C=O) groups excluding carboxylic acids is 1. The molecule has 0 unspecified atom stereocenters. The van der Waals surface area contributed by atoms with E-state index in [4.69, 9.17) is 20.8 Å². The Morgan fingerprint density at radius 2 is 1.84 bits per heavy atom. The lowest BCUT2D eigenvalue weighted by Crippen LogP contribution is -2.23. The molecule has 9 heteroatoms. The summed E-state index contributed by atoms with van der Waals surface area (Å²) >= 11 is 7.42. The highest BCUT2D eigenvalue weighted by Gasteiger charge is 2.16. The molecule has 0 fully saturated rings. The summed E-state index contributed by atoms with van der Waals surface area (Å²) in [5, 5.41) is 4.90. The van der Waals surface area contributed by atoms with Gasteiger partial charge in [-0.15, -0.1) is 5.10 Å². The van der Waals surface area contributed by atoms with Crippen LogP contribution >= 0.6 is 22.9 Å². The molecule has 3 heterocycles. The molecule has 3 aromatic heterocycles. The van der Waals surface area contributed by atoms with Gasteiger partial charge in [-0.2, -0.15) is 9.50 Å². The second-order valence-corrected chi connectivity index (χ2v) is 8.23. The fraction of sp³-hybridized carbons (Fsp3) is 0.0435. The molecule has 0 aliphatic rings. The molecule has 32 heavy (non-hydrogen) atoms. The Balaban J connectivity index is 1.52. The molecule has 0 aliphatic heterocycles. The first-order chi connectivity index (χ1) is 15.5. The summed E-state index contributed by atoms with van der Waals surface area (Å²) in [7, 11) is 0. The number of furan rings is 1. The summed E-state index contributed by atoms with van der Waals surface area (Å²) in [6.45, 7) is 1.32. The first kappa shape index (κ1) is 20.2. The van der Waals surface area contributed by atoms with E-state index in [-0.39, 0.29) is 5.56 Å². The van der Waals surface area contributed by atoms with Crippen LogP contribution in [0.5, 0.6) is 5.75 Å². The number of rotatable bonds is 4. The molecule has 0 amide bonds. The van der Waals surface area contributed by atoms with Crippen molar-refractivity contribution in [1.82, 2.24) is 14.6 Å². The molecule has 5 rings (SSSR count). The third-order valence-corrected chi connectivity index (χ3v) is 5.89. The Bertz CT molecular complexity index is 1580. The number of nitrogens with zero attached hydrogens (tertiary/aromatic N) is 3. The quantitative estimate of drug-likeness (QED) is 0.293. The van der Waals surface area contributed by atoms with Crippen LogP contribution in [-0.2, 0) is 4.79 Å². The maximum Gasteiger partial charge on any atom is 0.308 e. The van der Waals surface area contributed by atoms with Gasteiger partial charge in [0.25, 0.3) is 5.56 Å². The van der Waals surface area contributed by atoms with Crippen LogP contribution in [-0.4, -0.2) is 20.6 Å². The van der Waals surface area contributed by atoms with Gasteiger partial charge < -0.3 is 9.15 Å². The van der Waals surface area contributed by atoms with Crippen LogP contribution in [0.2, 0.25) is 5.02 Å². The van der Waals surface area contributed by atoms with Crippen LogP contribution in [0.15, 0.2) is 69.9 Å². The molecular weight excluding hydrogens is 450 g/mol. The van der Waals surface area contributed by atoms with Crippen molar-refractivity contribution in [3.63, 3.8) is 0 Å². The van der Waals surface area contributed by atoms with Crippen molar-refractivity contribution in [2.24, 2.45) is 0 Å². The molecule has 0 saturated carbocycles. The normalized spacial score (nSPS) is 11.9. The minimum Gasteiger partial charge on any atom is -0.457 e. The second-order valence-electron chi connectivity index (χ2n) is 6.82. The summed E-state index contributed by atoms with van der Waals surface area (Å²) in [6, 6.07) is 17.9. The van der Waals surface area contributed by atoms with Gasteiger partial charge in [-0.3, -0.25) is 9.59 Å². The molecule has 7 nitrogen and oxygen atoms in total. The maximum atomic E-state index is 12.9. The monoisotopic (exact) mass is 463 g/mol. The van der Waals surface area contributed by atoms with Crippen molar-refractivity contribution in [2.45, 2.75) is 6.92 Å². The van der Waals surface area contributed by atoms with Crippen molar-refractivity contribution in [3.05, 3.63) is 86.3 Å². The van der Waals surface area contributed by atoms with Gasteiger partial charge in [0.15, 0.2) is 5.82 Å². The van der Waals surface area contributed by atoms with Gasteiger partial charge in [0.05, 0.1) is 10.6 Å². The van der Waals surface area contributed by atoms with E-state index in [1.165, 1.54) is 22.8 Å². The molecule has 0 aliphatic carbocycles. The van der Waals surface area contributed by atoms with Crippen LogP contribution in [0.4, 0.5) is 0 Å². The lowest BCUT2D eigenvalue weighted by molar-refractivity contribution is -0.131. The second kappa shape index (κ2) is 8.07. The van der Waals surface area contributed by atoms with Crippen molar-refractivity contribution >= 4 is 39.9 Å². The molecule has 0 radical (unpaired) electrons. The summed E-state index contributed by atoms with van der Waals surface area (Å²) in [5.41, 5.74) is 0.984. The lowest BCUT2D eigenvalue weighted by atomic mass is 10.2. The number of fused-ring (bicyclic) bond motifs is 1. The van der Waals surface area contributed by atoms with Crippen molar-refractivity contribution < 1.29 is 13.9 Å². The van der Waals surface area contributed by atoms with Gasteiger partial charge in [0.2, 0.25) is 4.96 Å². The number of hydrogen-bond acceptors (Lipinski definition) is 7. The summed E-state index contributed by atoms with van der Waals surface area (Å²) in [6.07, 6.45) is 1.65. The number of ether oxygens (including phenoxy) is 1. The topological polar surface area (TPSA) is 86.7 Å². The Morgan fingerprint density at radius 3 is 2.59 bits per heavy atom. The highest BCUT2D eigenvalue weighted by Crippen LogP contribution is 2.30. The van der Waals surface area contributed by atoms with Crippen molar-refractivity contribution in [2.75, 3.05) is 0 Å². The smallest absolute Gasteiger partial charge is 0.308 e. The van der Waals surface area contributed by atoms with E-state index in [2.05, 4.69) is 10.1 Å². The minimum absolute atomic E-state index is 0.302. The summed E-state index contributed by atoms with van der Waals surface area (Å²) in [5.74, 6) is 1.31. The third kappa shape index (κ3) is 3.70. The molecule has 0 atom stereocenters. The number of para-hydroxylation sites is 1. The zero-order valence-electron chi connectivity index (χ0n) is 16.6. The van der Waals surface area contributed by atoms with E-state index in [1.807, 2.05) is 18.2 Å². The van der Waals surface area contributed by atoms with Crippen LogP contribution in [0.3, 0.4) is 0 Å². The van der Waals surface area contributed by atoms with Gasteiger partial charge in [-0.25, -0.2) is 0 Å². The average molecular weight is 464 g/mol. The van der Waals surface area contributed by atoms with Crippen molar-refractivity contribution in [3.8, 4) is 28.5 Å². The SMILES string of the molecule is CC(=O)Oc1ccccc1-c1nc2s/c(=C\c3ccc(-c4ccccc4Cl)o3)c(=O)n2n1. The average Bonchev–Trinajstić information content (AvgIpc) is 3.46. The minimum atomic E-state index is -0.450. The van der Waals surface area contributed by atoms with E-state index < -0.39 is 5.97 Å². The van der Waals surface area contributed by atoms with E-state index in [0.29, 0.717) is 43.2 Å². The van der Waals surface area contributed by atoms with Crippen LogP contribution < -0.4 is 14.8 Å². The van der Waals surface area contributed by atoms with Crippen LogP contribution in [0.25, 0.3) is 33.7 Å². The Labute approximate surface area is 190 Å². The van der Waals surface area contributed by atoms with Crippen molar-refractivity contribution in [1.29, 1.82) is 0 Å². The number of aromatic nitrogens is 3. The van der Waals surface area contributed by atoms with E-state index in [0.717, 1.165) is 5.56 Å². The van der Waals surface area contributed by atoms with E-state index >= 15 is 0 Å². The van der Waals surface area contributed by atoms with Crippen LogP contribution in [0.1, 0.15) is 12.7 Å². The Hall–Kier alpha value is -3.75. The number of hydrogen-bond donors (Lipinski definition) is 0. The zero-order chi connectivity index (χ0) is 22.2. The Morgan fingerprint density at radius 1 is 1.09 bits per heavy atom. The third-order valence-electron chi connectivity index (χ3n) is 4.60. The first-order valence-corrected chi connectivity index (χ1v) is 10.7. The standard InChI is InChI=1S/C23H14ClN3O4S/c1-13(28)30-18-9-5-3-7-16(18)21-25-23-27(26-21)22(29)20(32-23)12-14-10-11-19(31-14)15-6-2-4-8-17(15)24/h2-12H,1H3/b20-12-. The molecule has 2 aromatic carbocycles. The van der Waals surface area contributed by atoms with Gasteiger partial charge >= 0.3 is 5.97 Å². The molecular formula is C23H14ClN3O4S. The number of halogens is 1. The van der Waals surface area contributed by atoms with Gasteiger partial charge in [-0.1, -0.05) is 47.2 Å². The van der Waals surface area contributed by atoms with E-state index in [9.17, 15) is 9.59 Å². The summed E-state index contributed by atoms with van der Waals surface area (Å²) in [4.78, 5) is 29.1. The highest BCUT2D eigenvalue weighted by molar-refractivity contribution is 7.15. The molecule has 0 spiro atoms. The fourth-order valence-electron chi connectivity index (χ4n) is 3.21. The van der Waals surface area contributed by atoms with Gasteiger partial charge in [-0.05, 0) is 36.4 Å². The Kier molecular flexibility index (Phi) is 5.08. The highest BCUT2D eigenvalue weighted by atomic mass is 35.5. The number of thiazole rings is 1. The molecule has 158 valence electrons. The molecule has 5 aromatic rings. The first-order valence-electron chi connectivity index (χ1n) is 9.53. The molecule has 0 saturated heterocycles. The van der Waals surface area contributed by atoms with Crippen LogP contribution in [0, 0.1) is 0 Å². The predicted molar refractivity (Wildman–Crippen MR) is 122 cm³/mol.